The Morgan fingerprint density at radius 2 is 0.545 bits per heavy atom. The summed E-state index contributed by atoms with van der Waals surface area (Å²) in [5.41, 5.74) is 38.1. The van der Waals surface area contributed by atoms with E-state index in [0.29, 0.717) is 5.95 Å². The first kappa shape index (κ1) is 75.6. The van der Waals surface area contributed by atoms with Gasteiger partial charge in [-0.3, -0.25) is 4.57 Å². The van der Waals surface area contributed by atoms with Crippen LogP contribution in [0.4, 0.5) is 17.1 Å². The largest absolute Gasteiger partial charge is 0.409 e. The number of hydrogen-bond donors (Lipinski definition) is 0. The Labute approximate surface area is 762 Å². The molecule has 0 saturated carbocycles. The van der Waals surface area contributed by atoms with Gasteiger partial charge in [0.25, 0.3) is 0 Å². The average Bonchev–Trinajstić information content (AvgIpc) is 1.55. The van der Waals surface area contributed by atoms with Crippen molar-refractivity contribution in [1.82, 2.24) is 28.7 Å². The zero-order valence-electron chi connectivity index (χ0n) is 71.7. The van der Waals surface area contributed by atoms with Crippen LogP contribution < -0.4 is 9.47 Å². The van der Waals surface area contributed by atoms with Gasteiger partial charge in [0.15, 0.2) is 5.52 Å². The fraction of sp³-hybridized carbons (Fsp3) is 0. The third-order valence-corrected chi connectivity index (χ3v) is 26.9. The van der Waals surface area contributed by atoms with Crippen LogP contribution in [0.2, 0.25) is 0 Å². The second-order valence-electron chi connectivity index (χ2n) is 34.3. The Hall–Kier alpha value is -17.7. The van der Waals surface area contributed by atoms with E-state index in [1.54, 1.807) is 0 Å². The smallest absolute Gasteiger partial charge is 0.316 e. The Morgan fingerprint density at radius 3 is 1.01 bits per heavy atom. The number of nitrogens with zero attached hydrogens (tertiary/aromatic N) is 8. The van der Waals surface area contributed by atoms with Crippen molar-refractivity contribution in [1.29, 1.82) is 0 Å². The van der Waals surface area contributed by atoms with E-state index in [-0.39, 0.29) is 0 Å². The van der Waals surface area contributed by atoms with Gasteiger partial charge in [0.05, 0.1) is 34.6 Å². The van der Waals surface area contributed by atoms with E-state index in [1.165, 1.54) is 165 Å². The summed E-state index contributed by atoms with van der Waals surface area (Å²) < 4.78 is 9.09. The molecule has 614 valence electrons. The fourth-order valence-corrected chi connectivity index (χ4v) is 21.1. The molecule has 3 aliphatic rings. The highest BCUT2D eigenvalue weighted by Gasteiger charge is 2.34. The minimum Gasteiger partial charge on any atom is -0.316 e. The predicted octanol–water partition coefficient (Wildman–Crippen LogP) is 31.9. The molecule has 8 nitrogen and oxygen atoms in total. The normalized spacial score (nSPS) is 11.8. The predicted molar refractivity (Wildman–Crippen MR) is 547 cm³/mol. The van der Waals surface area contributed by atoms with Gasteiger partial charge in [-0.25, -0.2) is 19.1 Å². The summed E-state index contributed by atoms with van der Waals surface area (Å²) in [4.78, 5) is 18.0. The molecule has 0 radical (unpaired) electrons. The molecule has 8 heteroatoms. The van der Waals surface area contributed by atoms with Crippen LogP contribution in [0.15, 0.2) is 480 Å². The molecule has 3 aliphatic carbocycles. The van der Waals surface area contributed by atoms with Crippen LogP contribution in [0, 0.1) is 0 Å². The van der Waals surface area contributed by atoms with Crippen molar-refractivity contribution < 1.29 is 4.57 Å². The molecule has 28 rings (SSSR count). The Bertz CT molecular complexity index is 8900. The molecule has 0 N–H and O–H groups in total. The minimum absolute atomic E-state index is 0.673. The van der Waals surface area contributed by atoms with Crippen molar-refractivity contribution in [2.75, 3.05) is 4.90 Å². The molecule has 20 aromatic carbocycles. The van der Waals surface area contributed by atoms with E-state index in [1.807, 2.05) is 12.1 Å². The molecule has 0 aliphatic heterocycles. The summed E-state index contributed by atoms with van der Waals surface area (Å²) in [6, 6.07) is 163. The molecule has 25 aromatic rings. The maximum atomic E-state index is 5.30. The van der Waals surface area contributed by atoms with Crippen molar-refractivity contribution >= 4 is 104 Å². The highest BCUT2D eigenvalue weighted by Crippen LogP contribution is 2.56. The summed E-state index contributed by atoms with van der Waals surface area (Å²) in [7, 11) is 0. The monoisotopic (exact) mass is 1680 g/mol. The third kappa shape index (κ3) is 12.4. The van der Waals surface area contributed by atoms with Gasteiger partial charge in [-0.05, 0) is 207 Å². The lowest BCUT2D eigenvalue weighted by Gasteiger charge is -2.25. The topological polar surface area (TPSA) is 60.6 Å². The molecule has 132 heavy (non-hydrogen) atoms. The Morgan fingerprint density at radius 1 is 0.220 bits per heavy atom. The molecular formula is C124H79N8+. The molecule has 0 amide bonds. The molecule has 0 spiro atoms. The van der Waals surface area contributed by atoms with Crippen LogP contribution in [0.5, 0.6) is 0 Å². The van der Waals surface area contributed by atoms with Crippen LogP contribution in [0.25, 0.3) is 233 Å². The SMILES string of the molecule is c1ccc(-[n+]2cc3ccccc3nc2-n2cc3c4c(c5ccccc5cc42)-c2ccccc2-c2ccccc2-3)cc1.c1ccc(-c2nc(-n3cc4c5c(c6ccccc6cc53)-c3ccccc3-c3ccccc3-4)nc3ccccc23)cc1.c1ccc(N(c2ccccc2)c2ccc(-c3ccc(-n4cc5c6c(c7ccccc7cc64)-c4ccccc4-c4ccccc4-5)cc3)cc2)cc1. The summed E-state index contributed by atoms with van der Waals surface area (Å²) in [5, 5.41) is 13.4. The van der Waals surface area contributed by atoms with Crippen LogP contribution in [0.1, 0.15) is 0 Å². The maximum absolute atomic E-state index is 5.30. The van der Waals surface area contributed by atoms with E-state index in [0.717, 1.165) is 78.5 Å². The number of rotatable bonds is 9. The lowest BCUT2D eigenvalue weighted by Crippen LogP contribution is -2.36. The number of aromatic nitrogens is 7. The second-order valence-corrected chi connectivity index (χ2v) is 34.3. The first-order valence-corrected chi connectivity index (χ1v) is 45.1. The molecule has 5 heterocycles. The summed E-state index contributed by atoms with van der Waals surface area (Å²) in [6.45, 7) is 0. The van der Waals surface area contributed by atoms with Crippen molar-refractivity contribution in [3.63, 3.8) is 0 Å². The van der Waals surface area contributed by atoms with Gasteiger partial charge >= 0.3 is 5.95 Å². The highest BCUT2D eigenvalue weighted by molar-refractivity contribution is 6.25. The summed E-state index contributed by atoms with van der Waals surface area (Å²) in [5.74, 6) is 1.53. The molecular weight excluding hydrogens is 1600 g/mol. The van der Waals surface area contributed by atoms with Crippen LogP contribution >= 0.6 is 0 Å². The zero-order valence-corrected chi connectivity index (χ0v) is 71.7. The number of benzene rings is 20. The van der Waals surface area contributed by atoms with E-state index in [9.17, 15) is 0 Å². The third-order valence-electron chi connectivity index (χ3n) is 26.9. The van der Waals surface area contributed by atoms with E-state index < -0.39 is 0 Å². The number of hydrogen-bond acceptors (Lipinski definition) is 4. The van der Waals surface area contributed by atoms with Gasteiger partial charge < -0.3 is 9.47 Å². The van der Waals surface area contributed by atoms with Crippen molar-refractivity contribution in [2.45, 2.75) is 0 Å². The van der Waals surface area contributed by atoms with Gasteiger partial charge in [-0.1, -0.05) is 363 Å². The van der Waals surface area contributed by atoms with Crippen molar-refractivity contribution in [2.24, 2.45) is 0 Å². The van der Waals surface area contributed by atoms with Crippen molar-refractivity contribution in [3.8, 4) is 146 Å². The maximum Gasteiger partial charge on any atom is 0.409 e. The van der Waals surface area contributed by atoms with Gasteiger partial charge in [0.1, 0.15) is 11.2 Å². The van der Waals surface area contributed by atoms with Gasteiger partial charge in [0.2, 0.25) is 5.95 Å². The van der Waals surface area contributed by atoms with Crippen LogP contribution in [-0.2, 0) is 0 Å². The van der Waals surface area contributed by atoms with Gasteiger partial charge in [-0.15, -0.1) is 0 Å². The first-order chi connectivity index (χ1) is 65.5. The van der Waals surface area contributed by atoms with Crippen LogP contribution in [-0.4, -0.2) is 28.7 Å². The van der Waals surface area contributed by atoms with Gasteiger partial charge in [-0.2, -0.15) is 0 Å². The summed E-state index contributed by atoms with van der Waals surface area (Å²) >= 11 is 0. The van der Waals surface area contributed by atoms with E-state index >= 15 is 0 Å². The van der Waals surface area contributed by atoms with E-state index in [2.05, 4.69) is 491 Å². The Balaban J connectivity index is 0.000000104. The number of para-hydroxylation sites is 5. The fourth-order valence-electron chi connectivity index (χ4n) is 21.1. The number of fused-ring (bicyclic) bond motifs is 23. The second kappa shape index (κ2) is 31.1. The average molecular weight is 1680 g/mol. The lowest BCUT2D eigenvalue weighted by atomic mass is 9.91. The number of anilines is 3. The molecule has 0 saturated heterocycles. The summed E-state index contributed by atoms with van der Waals surface area (Å²) in [6.07, 6.45) is 9.10. The molecule has 0 unspecified atom stereocenters. The van der Waals surface area contributed by atoms with Crippen LogP contribution in [0.3, 0.4) is 0 Å². The van der Waals surface area contributed by atoms with Gasteiger partial charge in [0, 0.05) is 101 Å². The first-order valence-electron chi connectivity index (χ1n) is 45.1. The zero-order chi connectivity index (χ0) is 86.9. The van der Waals surface area contributed by atoms with E-state index in [4.69, 9.17) is 15.0 Å². The molecule has 0 fully saturated rings. The highest BCUT2D eigenvalue weighted by atomic mass is 15.2. The molecule has 0 bridgehead atoms. The molecule has 0 atom stereocenters. The molecule has 5 aromatic heterocycles. The van der Waals surface area contributed by atoms with Crippen molar-refractivity contribution in [3.05, 3.63) is 480 Å². The lowest BCUT2D eigenvalue weighted by molar-refractivity contribution is -0.591. The Kier molecular flexibility index (Phi) is 17.8. The quantitative estimate of drug-likeness (QED) is 0.135. The minimum atomic E-state index is 0.673. The standard InChI is InChI=1S/C48H32N2.C38H24N3.C38H23N3/c1-3-14-37(15-4-1)50(38-16-5-2-6-17-38)39-29-25-34(26-30-39)33-23-27-36(28-24-33)49-32-45-43-21-10-9-19-41(43)42-20-11-12-22-44(42)47-40-18-8-7-13-35(40)31-46(49)48(45)47;1-2-14-27(15-3-1)40-23-26-13-5-11-21-34(26)39-38(40)41-24-33-31-19-8-7-17-29(31)30-18-9-10-20-32(30)36-28-16-6-4-12-25(28)22-35(41)37(33)36;1-2-12-24(13-3-1)37-31-20-10-11-21-33(31)39-38(40-37)41-23-32-29-18-7-6-16-27(29)28-17-8-9-19-30(28)35-26-15-5-4-14-25(26)22-34(41)36(32)35/h1-32H;1-24H;1-23H/q;+1;.